The monoisotopic (exact) mass is 188 g/mol. The molecule has 0 aromatic carbocycles. The molecule has 0 bridgehead atoms. The minimum atomic E-state index is -0.964. The van der Waals surface area contributed by atoms with E-state index in [4.69, 9.17) is 28.3 Å². The number of aliphatic hydroxyl groups is 1. The summed E-state index contributed by atoms with van der Waals surface area (Å²) in [7, 11) is 1.48. The van der Waals surface area contributed by atoms with Gasteiger partial charge in [0.15, 0.2) is 0 Å². The Morgan fingerprint density at radius 1 is 1.75 bits per heavy atom. The van der Waals surface area contributed by atoms with Gasteiger partial charge >= 0.3 is 0 Å². The van der Waals surface area contributed by atoms with Gasteiger partial charge in [0.25, 0.3) is 0 Å². The molecule has 0 aromatic rings. The molecule has 2 atom stereocenters. The standard InChI is InChI=1S/C3H10Cl2OSi2/c4-2(7)1-3(5,6)8/h2,6H,1H2,7-8H3. The van der Waals surface area contributed by atoms with Gasteiger partial charge in [0.05, 0.1) is 10.2 Å². The van der Waals surface area contributed by atoms with E-state index >= 15 is 0 Å². The molecule has 1 N–H and O–H groups in total. The van der Waals surface area contributed by atoms with Crippen molar-refractivity contribution in [3.8, 4) is 0 Å². The first kappa shape index (κ1) is 8.97. The van der Waals surface area contributed by atoms with E-state index in [1.807, 2.05) is 0 Å². The molecule has 0 fully saturated rings. The Morgan fingerprint density at radius 2 is 2.12 bits per heavy atom. The second-order valence-electron chi connectivity index (χ2n) is 2.13. The molecule has 0 saturated carbocycles. The summed E-state index contributed by atoms with van der Waals surface area (Å²) < 4.78 is -0.964. The van der Waals surface area contributed by atoms with E-state index in [9.17, 15) is 0 Å². The van der Waals surface area contributed by atoms with Crippen LogP contribution in [0.1, 0.15) is 6.42 Å². The first-order valence-corrected chi connectivity index (χ1v) is 5.44. The molecule has 2 unspecified atom stereocenters. The van der Waals surface area contributed by atoms with Crippen LogP contribution in [0.3, 0.4) is 0 Å². The smallest absolute Gasteiger partial charge is 0.116 e. The van der Waals surface area contributed by atoms with Crippen LogP contribution in [0.4, 0.5) is 0 Å². The lowest BCUT2D eigenvalue weighted by molar-refractivity contribution is 0.208. The van der Waals surface area contributed by atoms with Crippen LogP contribution >= 0.6 is 23.2 Å². The molecular formula is C3H10Cl2OSi2. The molecule has 0 rings (SSSR count). The van der Waals surface area contributed by atoms with Crippen LogP contribution < -0.4 is 0 Å². The van der Waals surface area contributed by atoms with Crippen LogP contribution in [0.25, 0.3) is 0 Å². The summed E-state index contributed by atoms with van der Waals surface area (Å²) >= 11 is 11.1. The van der Waals surface area contributed by atoms with E-state index in [1.54, 1.807) is 0 Å². The molecule has 0 aliphatic carbocycles. The van der Waals surface area contributed by atoms with Crippen LogP contribution in [0.15, 0.2) is 0 Å². The first-order chi connectivity index (χ1) is 3.42. The first-order valence-electron chi connectivity index (χ1n) is 2.47. The number of halogens is 2. The molecule has 0 spiro atoms. The van der Waals surface area contributed by atoms with Gasteiger partial charge in [0.1, 0.15) is 4.68 Å². The second-order valence-corrected chi connectivity index (χ2v) is 8.10. The highest BCUT2D eigenvalue weighted by Crippen LogP contribution is 2.14. The molecule has 0 amide bonds. The topological polar surface area (TPSA) is 20.2 Å². The average Bonchev–Trinajstić information content (AvgIpc) is 1.21. The summed E-state index contributed by atoms with van der Waals surface area (Å²) in [5.74, 6) is 0. The normalized spacial score (nSPS) is 22.9. The molecule has 0 aliphatic heterocycles. The van der Waals surface area contributed by atoms with Crippen molar-refractivity contribution in [2.75, 3.05) is 0 Å². The van der Waals surface area contributed by atoms with Gasteiger partial charge in [0.2, 0.25) is 0 Å². The van der Waals surface area contributed by atoms with Gasteiger partial charge in [-0.05, 0) is 6.42 Å². The fourth-order valence-corrected chi connectivity index (χ4v) is 3.87. The van der Waals surface area contributed by atoms with E-state index in [2.05, 4.69) is 0 Å². The SMILES string of the molecule is OC([SiH3])(Cl)CC([SiH3])Cl. The quantitative estimate of drug-likeness (QED) is 0.416. The molecule has 50 valence electrons. The molecule has 0 aromatic heterocycles. The molecule has 0 radical (unpaired) electrons. The maximum Gasteiger partial charge on any atom is 0.116 e. The van der Waals surface area contributed by atoms with Crippen LogP contribution in [0, 0.1) is 0 Å². The largest absolute Gasteiger partial charge is 0.379 e. The lowest BCUT2D eigenvalue weighted by atomic mass is 10.5. The van der Waals surface area contributed by atoms with Crippen LogP contribution in [0.2, 0.25) is 0 Å². The van der Waals surface area contributed by atoms with Gasteiger partial charge in [-0.2, -0.15) is 0 Å². The third-order valence-electron chi connectivity index (χ3n) is 0.654. The summed E-state index contributed by atoms with van der Waals surface area (Å²) in [4.78, 5) is 0. The summed E-state index contributed by atoms with van der Waals surface area (Å²) in [6.07, 6.45) is 0.536. The maximum atomic E-state index is 8.95. The molecule has 0 aliphatic rings. The molecule has 5 heteroatoms. The summed E-state index contributed by atoms with van der Waals surface area (Å²) in [6.45, 7) is 0. The van der Waals surface area contributed by atoms with Crippen molar-refractivity contribution in [1.82, 2.24) is 0 Å². The van der Waals surface area contributed by atoms with Crippen molar-refractivity contribution in [1.29, 1.82) is 0 Å². The highest BCUT2D eigenvalue weighted by atomic mass is 35.5. The molecule has 0 saturated heterocycles. The zero-order valence-electron chi connectivity index (χ0n) is 4.99. The van der Waals surface area contributed by atoms with E-state index in [1.165, 1.54) is 0 Å². The van der Waals surface area contributed by atoms with Crippen molar-refractivity contribution >= 4 is 43.7 Å². The minimum Gasteiger partial charge on any atom is -0.379 e. The van der Waals surface area contributed by atoms with Gasteiger partial charge in [-0.15, -0.1) is 11.6 Å². The minimum absolute atomic E-state index is 0.106. The maximum absolute atomic E-state index is 8.95. The summed E-state index contributed by atoms with van der Waals surface area (Å²) in [6, 6.07) is 0. The predicted molar refractivity (Wildman–Crippen MR) is 44.9 cm³/mol. The number of hydrogen-bond acceptors (Lipinski definition) is 1. The van der Waals surface area contributed by atoms with Gasteiger partial charge in [-0.1, -0.05) is 11.6 Å². The van der Waals surface area contributed by atoms with Crippen LogP contribution in [-0.2, 0) is 0 Å². The van der Waals surface area contributed by atoms with E-state index in [-0.39, 0.29) is 5.00 Å². The van der Waals surface area contributed by atoms with E-state index < -0.39 is 4.68 Å². The van der Waals surface area contributed by atoms with Crippen molar-refractivity contribution in [2.24, 2.45) is 0 Å². The fourth-order valence-electron chi connectivity index (χ4n) is 0.513. The Morgan fingerprint density at radius 3 is 2.12 bits per heavy atom. The number of rotatable bonds is 2. The fraction of sp³-hybridized carbons (Fsp3) is 1.00. The van der Waals surface area contributed by atoms with Crippen molar-refractivity contribution < 1.29 is 5.11 Å². The van der Waals surface area contributed by atoms with E-state index in [0.29, 0.717) is 16.7 Å². The van der Waals surface area contributed by atoms with Crippen LogP contribution in [-0.4, -0.2) is 35.3 Å². The predicted octanol–water partition coefficient (Wildman–Crippen LogP) is -1.44. The lowest BCUT2D eigenvalue weighted by Crippen LogP contribution is -2.24. The third kappa shape index (κ3) is 6.97. The number of hydrogen-bond donors (Lipinski definition) is 1. The van der Waals surface area contributed by atoms with Gasteiger partial charge in [-0.25, -0.2) is 0 Å². The third-order valence-corrected chi connectivity index (χ3v) is 1.78. The Bertz CT molecular complexity index is 70.2. The van der Waals surface area contributed by atoms with Gasteiger partial charge < -0.3 is 5.11 Å². The Balaban J connectivity index is 3.39. The zero-order chi connectivity index (χ0) is 6.78. The molecule has 8 heavy (non-hydrogen) atoms. The van der Waals surface area contributed by atoms with Crippen molar-refractivity contribution in [2.45, 2.75) is 16.1 Å². The van der Waals surface area contributed by atoms with E-state index in [0.717, 1.165) is 10.2 Å². The Kier molecular flexibility index (Phi) is 3.61. The highest BCUT2D eigenvalue weighted by molar-refractivity contribution is 6.45. The number of alkyl halides is 2. The van der Waals surface area contributed by atoms with Gasteiger partial charge in [0, 0.05) is 15.2 Å². The second kappa shape index (κ2) is 3.22. The summed E-state index contributed by atoms with van der Waals surface area (Å²) in [5, 5.41) is 9.06. The molecule has 0 heterocycles. The highest BCUT2D eigenvalue weighted by Gasteiger charge is 2.17. The van der Waals surface area contributed by atoms with Gasteiger partial charge in [-0.3, -0.25) is 0 Å². The summed E-state index contributed by atoms with van der Waals surface area (Å²) in [5.41, 5.74) is 0. The Labute approximate surface area is 65.2 Å². The molecule has 1 nitrogen and oxygen atoms in total. The van der Waals surface area contributed by atoms with Crippen molar-refractivity contribution in [3.63, 3.8) is 0 Å². The van der Waals surface area contributed by atoms with Crippen LogP contribution in [0.5, 0.6) is 0 Å². The average molecular weight is 189 g/mol. The molecular weight excluding hydrogens is 179 g/mol. The van der Waals surface area contributed by atoms with Crippen molar-refractivity contribution in [3.05, 3.63) is 0 Å². The Hall–Kier alpha value is 0.974. The lowest BCUT2D eigenvalue weighted by Gasteiger charge is -2.15. The zero-order valence-corrected chi connectivity index (χ0v) is 10.5.